The first-order valence-electron chi connectivity index (χ1n) is 9.61. The zero-order valence-corrected chi connectivity index (χ0v) is 23.7. The van der Waals surface area contributed by atoms with Crippen LogP contribution in [0.15, 0.2) is 72.8 Å². The van der Waals surface area contributed by atoms with Crippen LogP contribution in [0, 0.1) is 10.1 Å². The second-order valence-corrected chi connectivity index (χ2v) is 13.1. The van der Waals surface area contributed by atoms with E-state index in [4.69, 9.17) is 83.4 Å². The molecule has 3 rings (SSSR count). The minimum absolute atomic E-state index is 0.0181. The summed E-state index contributed by atoms with van der Waals surface area (Å²) in [4.78, 5) is 9.92. The van der Waals surface area contributed by atoms with Crippen LogP contribution < -0.4 is 4.52 Å². The summed E-state index contributed by atoms with van der Waals surface area (Å²) >= 11 is 35.1. The molecule has 0 radical (unpaired) electrons. The Morgan fingerprint density at radius 1 is 0.829 bits per heavy atom. The predicted molar refractivity (Wildman–Crippen MR) is 147 cm³/mol. The molecule has 0 atom stereocenters. The van der Waals surface area contributed by atoms with Crippen LogP contribution in [0.4, 0.5) is 5.69 Å². The topological polar surface area (TPSA) is 70.8 Å². The van der Waals surface area contributed by atoms with E-state index in [9.17, 15) is 10.1 Å². The maximum atomic E-state index is 10.4. The SMILES string of the molecule is COP(=S)(OC)Oc1ccc([N+](=O)[O-])cc1.Clc1ccc(C(c2ccc(Cl)cc2)C(Cl)(Cl)Cl)cc1. The maximum Gasteiger partial charge on any atom is 0.380 e. The summed E-state index contributed by atoms with van der Waals surface area (Å²) in [5.41, 5.74) is 1.74. The number of rotatable bonds is 7. The van der Waals surface area contributed by atoms with Gasteiger partial charge in [-0.2, -0.15) is 0 Å². The molecule has 0 heterocycles. The Morgan fingerprint density at radius 2 is 1.23 bits per heavy atom. The fourth-order valence-corrected chi connectivity index (χ4v) is 4.73. The molecule has 3 aromatic rings. The van der Waals surface area contributed by atoms with Crippen LogP contribution >= 0.6 is 64.7 Å². The third kappa shape index (κ3) is 9.36. The van der Waals surface area contributed by atoms with Gasteiger partial charge in [-0.15, -0.1) is 0 Å². The van der Waals surface area contributed by atoms with E-state index >= 15 is 0 Å². The average Bonchev–Trinajstić information content (AvgIpc) is 2.81. The number of nitrogens with zero attached hydrogens (tertiary/aromatic N) is 1. The minimum atomic E-state index is -2.78. The van der Waals surface area contributed by atoms with Gasteiger partial charge in [0.05, 0.1) is 10.8 Å². The van der Waals surface area contributed by atoms with E-state index in [1.165, 1.54) is 38.5 Å². The molecule has 35 heavy (non-hydrogen) atoms. The standard InChI is InChI=1S/C14H9Cl5.C8H10NO5PS/c15-11-5-1-9(2-6-11)13(14(17,18)19)10-3-7-12(16)8-4-10;1-12-15(16,13-2)14-8-5-3-7(4-6-8)9(10)11/h1-8,13H;3-6H,1-2H3. The van der Waals surface area contributed by atoms with E-state index in [1.54, 1.807) is 24.3 Å². The number of benzene rings is 3. The third-order valence-corrected chi connectivity index (χ3v) is 8.05. The molecule has 0 fully saturated rings. The second kappa shape index (κ2) is 13.4. The highest BCUT2D eigenvalue weighted by atomic mass is 35.6. The molecule has 0 aromatic heterocycles. The van der Waals surface area contributed by atoms with Crippen LogP contribution in [-0.4, -0.2) is 22.9 Å². The molecule has 0 aliphatic rings. The highest BCUT2D eigenvalue weighted by Crippen LogP contribution is 2.48. The number of non-ortho nitro benzene ring substituents is 1. The van der Waals surface area contributed by atoms with Gasteiger partial charge in [0, 0.05) is 48.2 Å². The first-order valence-corrected chi connectivity index (χ1v) is 14.1. The van der Waals surface area contributed by atoms with Crippen molar-refractivity contribution in [3.05, 3.63) is 104 Å². The Balaban J connectivity index is 0.000000251. The van der Waals surface area contributed by atoms with E-state index in [2.05, 4.69) is 0 Å². The quantitative estimate of drug-likeness (QED) is 0.114. The molecule has 0 saturated heterocycles. The fourth-order valence-electron chi connectivity index (χ4n) is 2.79. The Bertz CT molecular complexity index is 1110. The maximum absolute atomic E-state index is 10.4. The molecular formula is C22H19Cl5NO5PS. The van der Waals surface area contributed by atoms with Gasteiger partial charge in [-0.25, -0.2) is 0 Å². The van der Waals surface area contributed by atoms with Crippen LogP contribution in [0.5, 0.6) is 5.75 Å². The summed E-state index contributed by atoms with van der Waals surface area (Å²) in [6, 6.07) is 20.0. The number of hydrogen-bond acceptors (Lipinski definition) is 6. The molecule has 0 spiro atoms. The third-order valence-electron chi connectivity index (χ3n) is 4.45. The van der Waals surface area contributed by atoms with Crippen LogP contribution in [0.3, 0.4) is 0 Å². The van der Waals surface area contributed by atoms with Gasteiger partial charge in [-0.3, -0.25) is 10.1 Å². The largest absolute Gasteiger partial charge is 0.424 e. The van der Waals surface area contributed by atoms with Gasteiger partial charge >= 0.3 is 6.72 Å². The van der Waals surface area contributed by atoms with E-state index in [0.717, 1.165) is 11.1 Å². The van der Waals surface area contributed by atoms with Crippen molar-refractivity contribution in [2.24, 2.45) is 0 Å². The minimum Gasteiger partial charge on any atom is -0.424 e. The molecular weight excluding hydrogens is 599 g/mol. The van der Waals surface area contributed by atoms with Gasteiger partial charge in [0.15, 0.2) is 0 Å². The molecule has 188 valence electrons. The van der Waals surface area contributed by atoms with Crippen molar-refractivity contribution in [3.63, 3.8) is 0 Å². The molecule has 13 heteroatoms. The first kappa shape index (κ1) is 30.1. The summed E-state index contributed by atoms with van der Waals surface area (Å²) in [7, 11) is 2.77. The van der Waals surface area contributed by atoms with E-state index < -0.39 is 15.4 Å². The lowest BCUT2D eigenvalue weighted by Gasteiger charge is -2.25. The number of nitro groups is 1. The van der Waals surface area contributed by atoms with Crippen molar-refractivity contribution >= 4 is 82.2 Å². The molecule has 0 saturated carbocycles. The lowest BCUT2D eigenvalue weighted by Crippen LogP contribution is -2.18. The number of alkyl halides is 3. The molecule has 0 bridgehead atoms. The lowest BCUT2D eigenvalue weighted by atomic mass is 9.92. The van der Waals surface area contributed by atoms with Crippen LogP contribution in [0.1, 0.15) is 17.0 Å². The van der Waals surface area contributed by atoms with Crippen molar-refractivity contribution in [3.8, 4) is 5.75 Å². The Morgan fingerprint density at radius 3 is 1.54 bits per heavy atom. The van der Waals surface area contributed by atoms with Gasteiger partial charge in [-0.1, -0.05) is 82.3 Å². The number of hydrogen-bond donors (Lipinski definition) is 0. The van der Waals surface area contributed by atoms with E-state index in [-0.39, 0.29) is 11.6 Å². The summed E-state index contributed by atoms with van der Waals surface area (Å²) in [6.45, 7) is -2.78. The molecule has 3 aromatic carbocycles. The van der Waals surface area contributed by atoms with Gasteiger partial charge in [0.1, 0.15) is 5.75 Å². The number of nitro benzene ring substituents is 1. The molecule has 0 aliphatic heterocycles. The zero-order valence-electron chi connectivity index (χ0n) is 18.2. The Kier molecular flexibility index (Phi) is 11.6. The molecule has 0 aliphatic carbocycles. The van der Waals surface area contributed by atoms with Gasteiger partial charge in [0.2, 0.25) is 3.79 Å². The van der Waals surface area contributed by atoms with Gasteiger partial charge in [0.25, 0.3) is 5.69 Å². The molecule has 0 amide bonds. The smallest absolute Gasteiger partial charge is 0.380 e. The molecule has 0 N–H and O–H groups in total. The van der Waals surface area contributed by atoms with Crippen LogP contribution in [-0.2, 0) is 20.9 Å². The first-order chi connectivity index (χ1) is 16.4. The Hall–Kier alpha value is -1.12. The van der Waals surface area contributed by atoms with E-state index in [0.29, 0.717) is 15.8 Å². The van der Waals surface area contributed by atoms with Gasteiger partial charge < -0.3 is 13.6 Å². The monoisotopic (exact) mass is 615 g/mol. The highest BCUT2D eigenvalue weighted by molar-refractivity contribution is 8.07. The number of halogens is 5. The predicted octanol–water partition coefficient (Wildman–Crippen LogP) is 8.99. The Labute approximate surface area is 233 Å². The van der Waals surface area contributed by atoms with Crippen LogP contribution in [0.2, 0.25) is 10.0 Å². The van der Waals surface area contributed by atoms with Crippen LogP contribution in [0.25, 0.3) is 0 Å². The van der Waals surface area contributed by atoms with Crippen molar-refractivity contribution in [1.29, 1.82) is 0 Å². The molecule has 0 unspecified atom stereocenters. The summed E-state index contributed by atoms with van der Waals surface area (Å²) < 4.78 is 13.7. The van der Waals surface area contributed by atoms with Gasteiger partial charge in [-0.05, 0) is 47.5 Å². The van der Waals surface area contributed by atoms with E-state index in [1.807, 2.05) is 24.3 Å². The second-order valence-electron chi connectivity index (χ2n) is 6.73. The normalized spacial score (nSPS) is 11.5. The summed E-state index contributed by atoms with van der Waals surface area (Å²) in [6.07, 6.45) is 0. The average molecular weight is 618 g/mol. The lowest BCUT2D eigenvalue weighted by molar-refractivity contribution is -0.384. The summed E-state index contributed by atoms with van der Waals surface area (Å²) in [5, 5.41) is 11.7. The van der Waals surface area contributed by atoms with Crippen molar-refractivity contribution in [2.45, 2.75) is 9.71 Å². The van der Waals surface area contributed by atoms with Crippen molar-refractivity contribution < 1.29 is 18.5 Å². The zero-order chi connectivity index (χ0) is 26.2. The van der Waals surface area contributed by atoms with Crippen molar-refractivity contribution in [1.82, 2.24) is 0 Å². The highest BCUT2D eigenvalue weighted by Gasteiger charge is 2.35. The fraction of sp³-hybridized carbons (Fsp3) is 0.182. The summed E-state index contributed by atoms with van der Waals surface area (Å²) in [5.74, 6) is -0.00957. The molecule has 6 nitrogen and oxygen atoms in total. The van der Waals surface area contributed by atoms with Crippen molar-refractivity contribution in [2.75, 3.05) is 14.2 Å².